The van der Waals surface area contributed by atoms with Crippen LogP contribution in [-0.2, 0) is 24.4 Å². The molecule has 10 heavy (non-hydrogen) atoms. The van der Waals surface area contributed by atoms with Gasteiger partial charge in [0.1, 0.15) is 0 Å². The summed E-state index contributed by atoms with van der Waals surface area (Å²) in [5, 5.41) is 0. The second-order valence-electron chi connectivity index (χ2n) is 1.77. The van der Waals surface area contributed by atoms with E-state index < -0.39 is 0 Å². The van der Waals surface area contributed by atoms with E-state index >= 15 is 0 Å². The minimum absolute atomic E-state index is 0. The van der Waals surface area contributed by atoms with Gasteiger partial charge in [-0.1, -0.05) is 0 Å². The third-order valence-electron chi connectivity index (χ3n) is 1.17. The second-order valence-corrected chi connectivity index (χ2v) is 3.94. The van der Waals surface area contributed by atoms with Crippen LogP contribution in [0.4, 0.5) is 0 Å². The van der Waals surface area contributed by atoms with Gasteiger partial charge in [0.15, 0.2) is 0 Å². The van der Waals surface area contributed by atoms with Crippen LogP contribution in [-0.4, -0.2) is 0 Å². The molecule has 1 aliphatic carbocycles. The van der Waals surface area contributed by atoms with Gasteiger partial charge in [0.2, 0.25) is 0 Å². The minimum atomic E-state index is 0. The maximum atomic E-state index is 2.23. The molecule has 0 saturated carbocycles. The molecule has 0 radical (unpaired) electrons. The van der Waals surface area contributed by atoms with Crippen molar-refractivity contribution in [2.75, 3.05) is 0 Å². The average molecular weight is 367 g/mol. The number of allylic oxidation sites excluding steroid dienone is 4. The van der Waals surface area contributed by atoms with Crippen LogP contribution >= 0.6 is 37.2 Å². The number of halogens is 3. The van der Waals surface area contributed by atoms with Gasteiger partial charge < -0.3 is 0 Å². The largest absolute Gasteiger partial charge is 0.147 e. The molecule has 0 unspecified atom stereocenters. The van der Waals surface area contributed by atoms with E-state index in [-0.39, 0.29) is 37.2 Å². The first-order valence-electron chi connectivity index (χ1n) is 2.38. The fourth-order valence-electron chi connectivity index (χ4n) is 0.615. The van der Waals surface area contributed by atoms with Crippen molar-refractivity contribution in [3.05, 3.63) is 21.1 Å². The Bertz CT molecular complexity index is 140. The van der Waals surface area contributed by atoms with Gasteiger partial charge in [0.05, 0.1) is 0 Å². The second kappa shape index (κ2) is 8.32. The molecule has 0 aromatic carbocycles. The van der Waals surface area contributed by atoms with Crippen molar-refractivity contribution in [2.24, 2.45) is 0 Å². The number of rotatable bonds is 0. The average Bonchev–Trinajstić information content (AvgIpc) is 1.91. The zero-order valence-electron chi connectivity index (χ0n) is 5.59. The van der Waals surface area contributed by atoms with Gasteiger partial charge in [-0.15, -0.1) is 37.2 Å². The van der Waals surface area contributed by atoms with Gasteiger partial charge >= 0.3 is 58.8 Å². The summed E-state index contributed by atoms with van der Waals surface area (Å²) < 4.78 is 1.65. The summed E-state index contributed by atoms with van der Waals surface area (Å²) in [5.41, 5.74) is 1.51. The molecule has 0 aliphatic heterocycles. The number of hydrogen-bond acceptors (Lipinski definition) is 0. The Morgan fingerprint density at radius 1 is 1.30 bits per heavy atom. The Hall–Kier alpha value is 1.22. The van der Waals surface area contributed by atoms with Crippen molar-refractivity contribution in [2.45, 2.75) is 13.3 Å². The first-order valence-corrected chi connectivity index (χ1v) is 4.18. The molecule has 0 fully saturated rings. The predicted octanol–water partition coefficient (Wildman–Crippen LogP) is 3.03. The van der Waals surface area contributed by atoms with Crippen molar-refractivity contribution in [3.63, 3.8) is 0 Å². The summed E-state index contributed by atoms with van der Waals surface area (Å²) in [6, 6.07) is 0. The van der Waals surface area contributed by atoms with Crippen LogP contribution in [0.1, 0.15) is 13.3 Å². The Balaban J connectivity index is -0.000000163. The molecule has 0 aromatic heterocycles. The van der Waals surface area contributed by atoms with Crippen molar-refractivity contribution in [1.82, 2.24) is 0 Å². The van der Waals surface area contributed by atoms with E-state index in [9.17, 15) is 0 Å². The fraction of sp³-hybridized carbons (Fsp3) is 0.333. The van der Waals surface area contributed by atoms with Gasteiger partial charge in [-0.25, -0.2) is 0 Å². The quantitative estimate of drug-likeness (QED) is 0.578. The van der Waals surface area contributed by atoms with Crippen LogP contribution < -0.4 is 0 Å². The van der Waals surface area contributed by atoms with Crippen molar-refractivity contribution < 1.29 is 24.4 Å². The Labute approximate surface area is 95.3 Å². The Kier molecular flexibility index (Phi) is 14.4. The van der Waals surface area contributed by atoms with E-state index in [1.807, 2.05) is 0 Å². The molecule has 0 aromatic rings. The van der Waals surface area contributed by atoms with Crippen LogP contribution in [0.2, 0.25) is 0 Å². The number of hydrogen-bond donors (Lipinski definition) is 0. The maximum Gasteiger partial charge on any atom is -0.147 e. The van der Waals surface area contributed by atoms with Gasteiger partial charge in [0.25, 0.3) is 0 Å². The molecule has 1 aliphatic rings. The van der Waals surface area contributed by atoms with E-state index in [0.29, 0.717) is 0 Å². The van der Waals surface area contributed by atoms with E-state index in [2.05, 4.69) is 19.1 Å². The molecule has 0 heterocycles. The maximum absolute atomic E-state index is 2.23. The van der Waals surface area contributed by atoms with Crippen LogP contribution in [0, 0.1) is 0 Å². The third-order valence-corrected chi connectivity index (χ3v) is 3.32. The first-order chi connectivity index (χ1) is 3.30. The van der Waals surface area contributed by atoms with Gasteiger partial charge in [0, 0.05) is 0 Å². The molecular formula is C6H10Cl3Hf. The molecule has 1 rings (SSSR count). The molecule has 0 N–H and O–H groups in total. The molecule has 0 amide bonds. The van der Waals surface area contributed by atoms with Crippen LogP contribution in [0.25, 0.3) is 0 Å². The normalized spacial score (nSPS) is 13.2. The van der Waals surface area contributed by atoms with Gasteiger partial charge in [-0.05, 0) is 0 Å². The summed E-state index contributed by atoms with van der Waals surface area (Å²) in [7, 11) is 0. The smallest absolute Gasteiger partial charge is 0.147 e. The Morgan fingerprint density at radius 2 is 1.80 bits per heavy atom. The molecule has 4 heteroatoms. The zero-order valence-corrected chi connectivity index (χ0v) is 11.6. The SMILES string of the molecule is CC1=[C]([Hf])CC=C1.Cl.Cl.Cl. The zero-order chi connectivity index (χ0) is 5.28. The molecule has 0 saturated heterocycles. The summed E-state index contributed by atoms with van der Waals surface area (Å²) in [6.07, 6.45) is 5.68. The first kappa shape index (κ1) is 17.3. The monoisotopic (exact) mass is 367 g/mol. The molecular weight excluding hydrogens is 357 g/mol. The van der Waals surface area contributed by atoms with Gasteiger partial charge in [-0.2, -0.15) is 0 Å². The summed E-state index contributed by atoms with van der Waals surface area (Å²) in [4.78, 5) is 0. The molecule has 0 bridgehead atoms. The molecule has 0 nitrogen and oxygen atoms in total. The van der Waals surface area contributed by atoms with Gasteiger partial charge in [-0.3, -0.25) is 0 Å². The van der Waals surface area contributed by atoms with Crippen LogP contribution in [0.15, 0.2) is 21.1 Å². The molecule has 0 spiro atoms. The van der Waals surface area contributed by atoms with E-state index in [0.717, 1.165) is 0 Å². The summed E-state index contributed by atoms with van der Waals surface area (Å²) in [6.45, 7) is 2.19. The predicted molar refractivity (Wildman–Crippen MR) is 48.2 cm³/mol. The summed E-state index contributed by atoms with van der Waals surface area (Å²) in [5.74, 6) is 0. The fourth-order valence-corrected chi connectivity index (χ4v) is 1.34. The van der Waals surface area contributed by atoms with E-state index in [4.69, 9.17) is 0 Å². The van der Waals surface area contributed by atoms with E-state index in [1.165, 1.54) is 36.4 Å². The van der Waals surface area contributed by atoms with Crippen molar-refractivity contribution in [3.8, 4) is 0 Å². The standard InChI is InChI=1S/C6H7.3ClH.Hf/c1-6-4-2-3-5-6;;;;/h2,4H,3H2,1H3;3*1H;. The summed E-state index contributed by atoms with van der Waals surface area (Å²) >= 11 is 1.25. The Morgan fingerprint density at radius 3 is 1.90 bits per heavy atom. The minimum Gasteiger partial charge on any atom is -0.147 e. The van der Waals surface area contributed by atoms with Crippen molar-refractivity contribution >= 4 is 37.2 Å². The van der Waals surface area contributed by atoms with Crippen LogP contribution in [0.3, 0.4) is 0 Å². The third kappa shape index (κ3) is 4.95. The molecule has 59 valence electrons. The van der Waals surface area contributed by atoms with Crippen molar-refractivity contribution in [1.29, 1.82) is 0 Å². The topological polar surface area (TPSA) is 0 Å². The van der Waals surface area contributed by atoms with E-state index in [1.54, 1.807) is 3.33 Å². The molecule has 0 atom stereocenters. The van der Waals surface area contributed by atoms with Crippen LogP contribution in [0.5, 0.6) is 0 Å².